The van der Waals surface area contributed by atoms with Crippen LogP contribution in [0.3, 0.4) is 0 Å². The Morgan fingerprint density at radius 3 is 2.21 bits per heavy atom. The zero-order valence-corrected chi connectivity index (χ0v) is 9.71. The summed E-state index contributed by atoms with van der Waals surface area (Å²) in [7, 11) is 0. The average molecular weight is 197 g/mol. The van der Waals surface area contributed by atoms with E-state index in [1.54, 1.807) is 0 Å². The Bertz CT molecular complexity index is 181. The van der Waals surface area contributed by atoms with Crippen molar-refractivity contribution in [1.82, 2.24) is 9.80 Å². The summed E-state index contributed by atoms with van der Waals surface area (Å²) in [5.74, 6) is 1.56. The third-order valence-corrected chi connectivity index (χ3v) is 2.71. The summed E-state index contributed by atoms with van der Waals surface area (Å²) < 4.78 is 0. The first-order valence-corrected chi connectivity index (χ1v) is 5.68. The van der Waals surface area contributed by atoms with Crippen LogP contribution in [-0.4, -0.2) is 48.4 Å². The molecule has 1 N–H and O–H groups in total. The lowest BCUT2D eigenvalue weighted by atomic mass is 10.2. The van der Waals surface area contributed by atoms with E-state index < -0.39 is 0 Å². The van der Waals surface area contributed by atoms with Crippen molar-refractivity contribution in [3.05, 3.63) is 0 Å². The zero-order valence-electron chi connectivity index (χ0n) is 9.71. The summed E-state index contributed by atoms with van der Waals surface area (Å²) in [4.78, 5) is 4.71. The molecule has 1 rings (SSSR count). The molecule has 1 aliphatic heterocycles. The maximum absolute atomic E-state index is 7.75. The molecule has 1 fully saturated rings. The Kier molecular flexibility index (Phi) is 4.39. The van der Waals surface area contributed by atoms with Crippen LogP contribution in [0.15, 0.2) is 0 Å². The maximum atomic E-state index is 7.75. The monoisotopic (exact) mass is 197 g/mol. The molecule has 1 saturated heterocycles. The topological polar surface area (TPSA) is 30.3 Å². The molecule has 0 aliphatic carbocycles. The van der Waals surface area contributed by atoms with Gasteiger partial charge in [-0.2, -0.15) is 0 Å². The van der Waals surface area contributed by atoms with Crippen molar-refractivity contribution in [3.8, 4) is 0 Å². The molecular formula is C11H23N3. The minimum atomic E-state index is 0.757. The predicted octanol–water partition coefficient (Wildman–Crippen LogP) is 1.65. The molecule has 0 saturated carbocycles. The number of piperazine rings is 1. The summed E-state index contributed by atoms with van der Waals surface area (Å²) in [5, 5.41) is 7.75. The van der Waals surface area contributed by atoms with E-state index >= 15 is 0 Å². The number of nitrogens with one attached hydrogen (secondary N) is 1. The number of amidine groups is 1. The van der Waals surface area contributed by atoms with Crippen molar-refractivity contribution in [2.24, 2.45) is 5.92 Å². The van der Waals surface area contributed by atoms with Crippen molar-refractivity contribution in [2.75, 3.05) is 32.7 Å². The van der Waals surface area contributed by atoms with Crippen molar-refractivity contribution < 1.29 is 0 Å². The van der Waals surface area contributed by atoms with Gasteiger partial charge in [0.25, 0.3) is 0 Å². The van der Waals surface area contributed by atoms with Crippen LogP contribution in [0.1, 0.15) is 27.2 Å². The number of rotatable bonds is 3. The van der Waals surface area contributed by atoms with Gasteiger partial charge in [-0.1, -0.05) is 20.8 Å². The second-order valence-corrected chi connectivity index (χ2v) is 4.48. The smallest absolute Gasteiger partial charge is 0.0955 e. The van der Waals surface area contributed by atoms with Gasteiger partial charge < -0.3 is 4.90 Å². The third-order valence-electron chi connectivity index (χ3n) is 2.71. The van der Waals surface area contributed by atoms with Gasteiger partial charge in [-0.15, -0.1) is 0 Å². The molecule has 0 aromatic heterocycles. The molecular weight excluding hydrogens is 174 g/mol. The average Bonchev–Trinajstić information content (AvgIpc) is 2.17. The van der Waals surface area contributed by atoms with E-state index in [9.17, 15) is 0 Å². The summed E-state index contributed by atoms with van der Waals surface area (Å²) in [6.07, 6.45) is 0.865. The van der Waals surface area contributed by atoms with Crippen LogP contribution in [-0.2, 0) is 0 Å². The third kappa shape index (κ3) is 3.29. The van der Waals surface area contributed by atoms with E-state index in [4.69, 9.17) is 5.41 Å². The molecule has 0 unspecified atom stereocenters. The summed E-state index contributed by atoms with van der Waals surface area (Å²) in [6.45, 7) is 12.1. The van der Waals surface area contributed by atoms with E-state index in [0.29, 0.717) is 0 Å². The van der Waals surface area contributed by atoms with Crippen LogP contribution in [0.25, 0.3) is 0 Å². The van der Waals surface area contributed by atoms with Crippen LogP contribution < -0.4 is 0 Å². The van der Waals surface area contributed by atoms with Crippen molar-refractivity contribution >= 4 is 5.84 Å². The van der Waals surface area contributed by atoms with E-state index in [0.717, 1.165) is 44.4 Å². The molecule has 0 radical (unpaired) electrons. The number of hydrogen-bond donors (Lipinski definition) is 1. The van der Waals surface area contributed by atoms with Gasteiger partial charge in [0.2, 0.25) is 0 Å². The first-order chi connectivity index (χ1) is 6.63. The Balaban J connectivity index is 2.27. The van der Waals surface area contributed by atoms with Gasteiger partial charge in [0, 0.05) is 39.1 Å². The molecule has 0 atom stereocenters. The second kappa shape index (κ2) is 5.35. The molecule has 0 amide bonds. The fraction of sp³-hybridized carbons (Fsp3) is 0.909. The van der Waals surface area contributed by atoms with Gasteiger partial charge in [0.05, 0.1) is 5.84 Å². The maximum Gasteiger partial charge on any atom is 0.0955 e. The highest BCUT2D eigenvalue weighted by Gasteiger charge is 2.18. The number of hydrogen-bond acceptors (Lipinski definition) is 2. The van der Waals surface area contributed by atoms with Gasteiger partial charge in [-0.05, 0) is 5.92 Å². The summed E-state index contributed by atoms with van der Waals surface area (Å²) >= 11 is 0. The highest BCUT2D eigenvalue weighted by atomic mass is 15.3. The molecule has 0 aromatic carbocycles. The van der Waals surface area contributed by atoms with Gasteiger partial charge in [-0.3, -0.25) is 10.3 Å². The minimum absolute atomic E-state index is 0.757. The van der Waals surface area contributed by atoms with E-state index in [2.05, 4.69) is 30.6 Å². The normalized spacial score (nSPS) is 19.0. The van der Waals surface area contributed by atoms with E-state index in [1.807, 2.05) is 0 Å². The Morgan fingerprint density at radius 1 is 1.21 bits per heavy atom. The largest absolute Gasteiger partial charge is 0.358 e. The van der Waals surface area contributed by atoms with E-state index in [1.165, 1.54) is 6.54 Å². The van der Waals surface area contributed by atoms with Crippen molar-refractivity contribution in [1.29, 1.82) is 5.41 Å². The summed E-state index contributed by atoms with van der Waals surface area (Å²) in [5.41, 5.74) is 0. The van der Waals surface area contributed by atoms with Crippen molar-refractivity contribution in [2.45, 2.75) is 27.2 Å². The first kappa shape index (κ1) is 11.5. The van der Waals surface area contributed by atoms with Gasteiger partial charge in [0.15, 0.2) is 0 Å². The Labute approximate surface area is 87.6 Å². The SMILES string of the molecule is CCC(=N)N1CCN(CC(C)C)CC1. The van der Waals surface area contributed by atoms with Crippen LogP contribution in [0.2, 0.25) is 0 Å². The summed E-state index contributed by atoms with van der Waals surface area (Å²) in [6, 6.07) is 0. The van der Waals surface area contributed by atoms with E-state index in [-0.39, 0.29) is 0 Å². The first-order valence-electron chi connectivity index (χ1n) is 5.68. The second-order valence-electron chi connectivity index (χ2n) is 4.48. The van der Waals surface area contributed by atoms with Gasteiger partial charge >= 0.3 is 0 Å². The Morgan fingerprint density at radius 2 is 1.79 bits per heavy atom. The predicted molar refractivity (Wildman–Crippen MR) is 60.9 cm³/mol. The van der Waals surface area contributed by atoms with Crippen LogP contribution in [0.4, 0.5) is 0 Å². The van der Waals surface area contributed by atoms with Gasteiger partial charge in [0.1, 0.15) is 0 Å². The molecule has 3 nitrogen and oxygen atoms in total. The lowest BCUT2D eigenvalue weighted by molar-refractivity contribution is 0.165. The van der Waals surface area contributed by atoms with Crippen LogP contribution in [0.5, 0.6) is 0 Å². The molecule has 3 heteroatoms. The lowest BCUT2D eigenvalue weighted by Crippen LogP contribution is -2.49. The fourth-order valence-corrected chi connectivity index (χ4v) is 1.94. The highest BCUT2D eigenvalue weighted by molar-refractivity contribution is 5.78. The standard InChI is InChI=1S/C11H23N3/c1-4-11(12)14-7-5-13(6-8-14)9-10(2)3/h10,12H,4-9H2,1-3H3. The van der Waals surface area contributed by atoms with Crippen LogP contribution >= 0.6 is 0 Å². The zero-order chi connectivity index (χ0) is 10.6. The molecule has 1 heterocycles. The molecule has 0 bridgehead atoms. The lowest BCUT2D eigenvalue weighted by Gasteiger charge is -2.36. The molecule has 82 valence electrons. The highest BCUT2D eigenvalue weighted by Crippen LogP contribution is 2.06. The fourth-order valence-electron chi connectivity index (χ4n) is 1.94. The molecule has 14 heavy (non-hydrogen) atoms. The molecule has 0 aromatic rings. The van der Waals surface area contributed by atoms with Crippen LogP contribution in [0, 0.1) is 11.3 Å². The quantitative estimate of drug-likeness (QED) is 0.551. The Hall–Kier alpha value is -0.570. The van der Waals surface area contributed by atoms with Gasteiger partial charge in [-0.25, -0.2) is 0 Å². The molecule has 0 spiro atoms. The number of nitrogens with zero attached hydrogens (tertiary/aromatic N) is 2. The molecule has 1 aliphatic rings. The van der Waals surface area contributed by atoms with Crippen molar-refractivity contribution in [3.63, 3.8) is 0 Å². The minimum Gasteiger partial charge on any atom is -0.358 e.